The lowest BCUT2D eigenvalue weighted by Crippen LogP contribution is -2.29. The van der Waals surface area contributed by atoms with Crippen molar-refractivity contribution in [2.75, 3.05) is 0 Å². The number of hydrogen-bond acceptors (Lipinski definition) is 5. The molecule has 0 aliphatic heterocycles. The van der Waals surface area contributed by atoms with Crippen LogP contribution in [-0.2, 0) is 0 Å². The molecule has 2 N–H and O–H groups in total. The summed E-state index contributed by atoms with van der Waals surface area (Å²) < 4.78 is 0. The average Bonchev–Trinajstić information content (AvgIpc) is 1.81. The van der Waals surface area contributed by atoms with Gasteiger partial charge >= 0.3 is 11.3 Å². The Morgan fingerprint density at radius 2 is 2.40 bits per heavy atom. The molecule has 0 bridgehead atoms. The van der Waals surface area contributed by atoms with Gasteiger partial charge in [0.1, 0.15) is 0 Å². The quantitative estimate of drug-likeness (QED) is 0.239. The number of nitrogens with zero attached hydrogens (tertiary/aromatic N) is 4. The molecule has 0 atom stereocenters. The molecule has 0 aliphatic carbocycles. The van der Waals surface area contributed by atoms with E-state index in [2.05, 4.69) is 10.1 Å². The van der Waals surface area contributed by atoms with Gasteiger partial charge in [0.25, 0.3) is 5.12 Å². The van der Waals surface area contributed by atoms with Crippen LogP contribution in [0.25, 0.3) is 0 Å². The second-order valence-electron chi connectivity index (χ2n) is 0.999. The molecule has 0 unspecified atom stereocenters. The lowest BCUT2D eigenvalue weighted by atomic mass is 11.2. The van der Waals surface area contributed by atoms with Crippen molar-refractivity contribution in [2.24, 2.45) is 5.22 Å². The molecule has 0 saturated heterocycles. The fourth-order valence-corrected chi connectivity index (χ4v) is 0.183. The average molecular weight is 148 g/mol. The van der Waals surface area contributed by atoms with Crippen LogP contribution in [0.2, 0.25) is 0 Å². The molecule has 0 heterocycles. The smallest absolute Gasteiger partial charge is 0.441 e. The number of nitro groups is 1. The molecule has 0 aliphatic rings. The van der Waals surface area contributed by atoms with Gasteiger partial charge in [0.15, 0.2) is 9.94 Å². The van der Waals surface area contributed by atoms with E-state index in [0.717, 1.165) is 0 Å². The summed E-state index contributed by atoms with van der Waals surface area (Å²) in [6, 6.07) is 0. The summed E-state index contributed by atoms with van der Waals surface area (Å²) in [4.78, 5) is 21.6. The molecule has 10 heavy (non-hydrogen) atoms. The van der Waals surface area contributed by atoms with Gasteiger partial charge in [-0.2, -0.15) is 4.79 Å². The van der Waals surface area contributed by atoms with E-state index in [1.807, 2.05) is 0 Å². The van der Waals surface area contributed by atoms with Crippen molar-refractivity contribution in [2.45, 2.75) is 0 Å². The Hall–Kier alpha value is -2.02. The van der Waals surface area contributed by atoms with Gasteiger partial charge in [-0.3, -0.25) is 0 Å². The molecule has 1 amide bonds. The Labute approximate surface area is 53.2 Å². The summed E-state index contributed by atoms with van der Waals surface area (Å²) in [6.45, 7) is 0. The lowest BCUT2D eigenvalue weighted by molar-refractivity contribution is -0.638. The highest BCUT2D eigenvalue weighted by molar-refractivity contribution is 5.62. The Morgan fingerprint density at radius 3 is 2.50 bits per heavy atom. The number of nitrogens with one attached hydrogen (secondary N) is 1. The molecule has 54 valence electrons. The molecular formula is CH2N5O4+. The van der Waals surface area contributed by atoms with E-state index in [4.69, 9.17) is 10.6 Å². The molecule has 0 aromatic carbocycles. The standard InChI is InChI=1S/CHN5O4/c2-3-4-5(1(7)8)6(9)10/h2H/p+1. The predicted molar refractivity (Wildman–Crippen MR) is 24.1 cm³/mol. The van der Waals surface area contributed by atoms with Crippen LogP contribution < -0.4 is 4.91 Å². The maximum atomic E-state index is 9.78. The highest BCUT2D eigenvalue weighted by Gasteiger charge is 2.35. The van der Waals surface area contributed by atoms with Crippen molar-refractivity contribution >= 4 is 6.09 Å². The van der Waals surface area contributed by atoms with Crippen molar-refractivity contribution in [3.05, 3.63) is 10.1 Å². The van der Waals surface area contributed by atoms with Gasteiger partial charge in [-0.15, -0.1) is 0 Å². The Morgan fingerprint density at radius 1 is 1.90 bits per heavy atom. The van der Waals surface area contributed by atoms with Crippen LogP contribution in [0, 0.1) is 15.6 Å². The van der Waals surface area contributed by atoms with Crippen molar-refractivity contribution < 1.29 is 14.9 Å². The Bertz CT molecular complexity index is 187. The van der Waals surface area contributed by atoms with Gasteiger partial charge < -0.3 is 15.2 Å². The zero-order valence-corrected chi connectivity index (χ0v) is 4.46. The van der Waals surface area contributed by atoms with Crippen LogP contribution in [-0.4, -0.2) is 21.3 Å². The first-order valence-electron chi connectivity index (χ1n) is 1.84. The highest BCUT2D eigenvalue weighted by Crippen LogP contribution is 1.87. The largest absolute Gasteiger partial charge is 0.597 e. The summed E-state index contributed by atoms with van der Waals surface area (Å²) in [5.41, 5.74) is 5.97. The molecule has 0 saturated carbocycles. The van der Waals surface area contributed by atoms with Crippen LogP contribution in [0.1, 0.15) is 0 Å². The molecule has 0 aromatic rings. The van der Waals surface area contributed by atoms with Crippen LogP contribution >= 0.6 is 0 Å². The molecule has 0 radical (unpaired) electrons. The van der Waals surface area contributed by atoms with Gasteiger partial charge in [0.05, 0.1) is 0 Å². The number of amides is 1. The first-order chi connectivity index (χ1) is 4.59. The van der Waals surface area contributed by atoms with E-state index >= 15 is 0 Å². The van der Waals surface area contributed by atoms with E-state index in [-0.39, 0.29) is 0 Å². The zero-order chi connectivity index (χ0) is 8.15. The summed E-state index contributed by atoms with van der Waals surface area (Å²) in [5, 5.41) is 18.0. The first-order valence-corrected chi connectivity index (χ1v) is 1.84. The van der Waals surface area contributed by atoms with E-state index < -0.39 is 16.2 Å². The van der Waals surface area contributed by atoms with Gasteiger partial charge in [-0.05, 0) is 0 Å². The first kappa shape index (κ1) is 7.98. The van der Waals surface area contributed by atoms with Gasteiger partial charge in [0, 0.05) is 5.53 Å². The number of carboxylic acid groups (broad SMARTS) is 1. The number of hydrogen-bond donors (Lipinski definition) is 2. The van der Waals surface area contributed by atoms with Gasteiger partial charge in [-0.25, -0.2) is 0 Å². The SMILES string of the molecule is N=[N+]=NN(C(=O)O)[N+](=O)[O-]. The number of rotatable bonds is 2. The summed E-state index contributed by atoms with van der Waals surface area (Å²) in [5.74, 6) is 0. The number of carbonyl (C=O) groups is 1. The number of hydrazine groups is 1. The minimum atomic E-state index is -1.90. The maximum Gasteiger partial charge on any atom is 0.597 e. The van der Waals surface area contributed by atoms with Crippen molar-refractivity contribution in [1.82, 2.24) is 10.0 Å². The normalized spacial score (nSPS) is 7.60. The van der Waals surface area contributed by atoms with Crippen LogP contribution in [0.5, 0.6) is 0 Å². The third kappa shape index (κ3) is 1.84. The van der Waals surface area contributed by atoms with Gasteiger partial charge in [-0.1, -0.05) is 0 Å². The predicted octanol–water partition coefficient (Wildman–Crippen LogP) is -0.377. The van der Waals surface area contributed by atoms with Crippen LogP contribution in [0.15, 0.2) is 5.22 Å². The van der Waals surface area contributed by atoms with Crippen LogP contribution in [0.4, 0.5) is 4.79 Å². The van der Waals surface area contributed by atoms with E-state index in [1.54, 1.807) is 0 Å². The summed E-state index contributed by atoms with van der Waals surface area (Å²) in [6.07, 6.45) is -1.90. The fourth-order valence-electron chi connectivity index (χ4n) is 0.183. The topological polar surface area (TPSA) is 134 Å². The molecule has 9 heteroatoms. The maximum absolute atomic E-state index is 9.78. The minimum Gasteiger partial charge on any atom is -0.441 e. The second kappa shape index (κ2) is 3.10. The molecule has 0 spiro atoms. The highest BCUT2D eigenvalue weighted by atomic mass is 16.7. The van der Waals surface area contributed by atoms with Crippen molar-refractivity contribution in [1.29, 1.82) is 5.53 Å². The second-order valence-corrected chi connectivity index (χ2v) is 0.999. The zero-order valence-electron chi connectivity index (χ0n) is 4.46. The van der Waals surface area contributed by atoms with Crippen LogP contribution in [0.3, 0.4) is 0 Å². The lowest BCUT2D eigenvalue weighted by Gasteiger charge is -1.86. The van der Waals surface area contributed by atoms with Gasteiger partial charge in [0.2, 0.25) is 0 Å². The Balaban J connectivity index is 4.41. The van der Waals surface area contributed by atoms with E-state index in [9.17, 15) is 14.9 Å². The van der Waals surface area contributed by atoms with E-state index in [1.165, 1.54) is 0 Å². The molecule has 0 rings (SSSR count). The molecule has 0 aromatic heterocycles. The third-order valence-electron chi connectivity index (χ3n) is 0.455. The summed E-state index contributed by atoms with van der Waals surface area (Å²) in [7, 11) is 0. The molecular weight excluding hydrogens is 146 g/mol. The fraction of sp³-hybridized carbons (Fsp3) is 0. The molecule has 0 fully saturated rings. The van der Waals surface area contributed by atoms with E-state index in [0.29, 0.717) is 0 Å². The third-order valence-corrected chi connectivity index (χ3v) is 0.455. The van der Waals surface area contributed by atoms with Crippen molar-refractivity contribution in [3.8, 4) is 0 Å². The molecule has 9 nitrogen and oxygen atoms in total. The monoisotopic (exact) mass is 148 g/mol. The summed E-state index contributed by atoms with van der Waals surface area (Å²) >= 11 is 0. The van der Waals surface area contributed by atoms with Crippen molar-refractivity contribution in [3.63, 3.8) is 0 Å². The Kier molecular flexibility index (Phi) is 2.47. The minimum absolute atomic E-state index is 0.576.